The van der Waals surface area contributed by atoms with Gasteiger partial charge in [0.1, 0.15) is 11.6 Å². The fourth-order valence-electron chi connectivity index (χ4n) is 1.07. The summed E-state index contributed by atoms with van der Waals surface area (Å²) in [5, 5.41) is 10.6. The van der Waals surface area contributed by atoms with E-state index >= 15 is 0 Å². The lowest BCUT2D eigenvalue weighted by molar-refractivity contribution is -0.385. The second-order valence-corrected chi connectivity index (χ2v) is 3.32. The third-order valence-electron chi connectivity index (χ3n) is 1.83. The summed E-state index contributed by atoms with van der Waals surface area (Å²) in [4.78, 5) is 35.9. The van der Waals surface area contributed by atoms with Crippen LogP contribution < -0.4 is 0 Å². The molecule has 0 unspecified atom stereocenters. The van der Waals surface area contributed by atoms with Crippen LogP contribution in [-0.4, -0.2) is 28.8 Å². The lowest BCUT2D eigenvalue weighted by Gasteiger charge is -2.01. The zero-order valence-electron chi connectivity index (χ0n) is 8.68. The van der Waals surface area contributed by atoms with Gasteiger partial charge in [-0.1, -0.05) is 11.6 Å². The molecule has 0 aromatic carbocycles. The Morgan fingerprint density at radius 2 is 2.18 bits per heavy atom. The molecule has 0 aliphatic heterocycles. The maximum Gasteiger partial charge on any atom is 0.313 e. The Morgan fingerprint density at radius 1 is 1.53 bits per heavy atom. The van der Waals surface area contributed by atoms with E-state index in [1.54, 1.807) is 0 Å². The number of Topliss-reactive ketones (excluding diaryl/α,β-unsaturated/α-hetero) is 1. The summed E-state index contributed by atoms with van der Waals surface area (Å²) in [6, 6.07) is 2.24. The van der Waals surface area contributed by atoms with Crippen molar-refractivity contribution in [3.8, 4) is 0 Å². The second kappa shape index (κ2) is 5.35. The molecule has 17 heavy (non-hydrogen) atoms. The van der Waals surface area contributed by atoms with Crippen molar-refractivity contribution in [2.45, 2.75) is 6.42 Å². The summed E-state index contributed by atoms with van der Waals surface area (Å²) in [5.41, 5.74) is -0.948. The SMILES string of the molecule is COC(=O)CC(=O)c1nc(Cl)ccc1[N+](=O)[O-]. The second-order valence-electron chi connectivity index (χ2n) is 2.93. The molecule has 90 valence electrons. The Bertz CT molecular complexity index is 488. The molecule has 0 saturated carbocycles. The molecular formula is C9H7ClN2O5. The van der Waals surface area contributed by atoms with Gasteiger partial charge < -0.3 is 4.74 Å². The highest BCUT2D eigenvalue weighted by Crippen LogP contribution is 2.20. The minimum absolute atomic E-state index is 0.0659. The molecule has 1 aromatic heterocycles. The summed E-state index contributed by atoms with van der Waals surface area (Å²) < 4.78 is 4.28. The molecule has 0 atom stereocenters. The predicted molar refractivity (Wildman–Crippen MR) is 56.9 cm³/mol. The molecule has 0 aliphatic rings. The van der Waals surface area contributed by atoms with E-state index in [1.807, 2.05) is 0 Å². The highest BCUT2D eigenvalue weighted by molar-refractivity contribution is 6.29. The smallest absolute Gasteiger partial charge is 0.313 e. The number of aromatic nitrogens is 1. The van der Waals surface area contributed by atoms with Crippen molar-refractivity contribution < 1.29 is 19.2 Å². The van der Waals surface area contributed by atoms with Gasteiger partial charge in [-0.2, -0.15) is 0 Å². The van der Waals surface area contributed by atoms with E-state index in [0.29, 0.717) is 0 Å². The zero-order chi connectivity index (χ0) is 13.0. The summed E-state index contributed by atoms with van der Waals surface area (Å²) in [7, 11) is 1.11. The number of carbonyl (C=O) groups is 2. The van der Waals surface area contributed by atoms with Gasteiger partial charge in [-0.05, 0) is 6.07 Å². The zero-order valence-corrected chi connectivity index (χ0v) is 9.43. The summed E-state index contributed by atoms with van der Waals surface area (Å²) in [6.07, 6.45) is -0.620. The van der Waals surface area contributed by atoms with Crippen LogP contribution in [0.25, 0.3) is 0 Å². The normalized spacial score (nSPS) is 9.76. The topological polar surface area (TPSA) is 99.4 Å². The fraction of sp³-hybridized carbons (Fsp3) is 0.222. The molecule has 8 heteroatoms. The van der Waals surface area contributed by atoms with Gasteiger partial charge in [0.25, 0.3) is 5.69 Å². The molecule has 1 rings (SSSR count). The van der Waals surface area contributed by atoms with Crippen LogP contribution in [0.15, 0.2) is 12.1 Å². The van der Waals surface area contributed by atoms with E-state index in [4.69, 9.17) is 11.6 Å². The largest absolute Gasteiger partial charge is 0.469 e. The third kappa shape index (κ3) is 3.22. The lowest BCUT2D eigenvalue weighted by Crippen LogP contribution is -2.13. The first kappa shape index (κ1) is 13.0. The fourth-order valence-corrected chi connectivity index (χ4v) is 1.21. The summed E-state index contributed by atoms with van der Waals surface area (Å²) in [6.45, 7) is 0. The molecule has 1 aromatic rings. The first-order chi connectivity index (χ1) is 7.95. The lowest BCUT2D eigenvalue weighted by atomic mass is 10.1. The molecule has 0 saturated heterocycles. The van der Waals surface area contributed by atoms with Gasteiger partial charge in [-0.3, -0.25) is 19.7 Å². The Morgan fingerprint density at radius 3 is 2.71 bits per heavy atom. The number of esters is 1. The van der Waals surface area contributed by atoms with Crippen molar-refractivity contribution in [2.75, 3.05) is 7.11 Å². The van der Waals surface area contributed by atoms with Gasteiger partial charge in [0.05, 0.1) is 12.0 Å². The van der Waals surface area contributed by atoms with Gasteiger partial charge in [0.15, 0.2) is 11.5 Å². The monoisotopic (exact) mass is 258 g/mol. The molecule has 0 radical (unpaired) electrons. The van der Waals surface area contributed by atoms with Crippen molar-refractivity contribution in [3.05, 3.63) is 33.1 Å². The van der Waals surface area contributed by atoms with Crippen LogP contribution in [0.4, 0.5) is 5.69 Å². The van der Waals surface area contributed by atoms with Crippen molar-refractivity contribution >= 4 is 29.0 Å². The number of nitro groups is 1. The van der Waals surface area contributed by atoms with E-state index in [1.165, 1.54) is 6.07 Å². The summed E-state index contributed by atoms with van der Waals surface area (Å²) >= 11 is 5.53. The third-order valence-corrected chi connectivity index (χ3v) is 2.04. The van der Waals surface area contributed by atoms with Crippen LogP contribution in [0.3, 0.4) is 0 Å². The van der Waals surface area contributed by atoms with E-state index in [-0.39, 0.29) is 5.15 Å². The number of pyridine rings is 1. The van der Waals surface area contributed by atoms with Gasteiger partial charge in [0.2, 0.25) is 0 Å². The standard InChI is InChI=1S/C9H7ClN2O5/c1-17-8(14)4-6(13)9-5(12(15)16)2-3-7(10)11-9/h2-3H,4H2,1H3. The minimum Gasteiger partial charge on any atom is -0.469 e. The number of rotatable bonds is 4. The first-order valence-electron chi connectivity index (χ1n) is 4.36. The highest BCUT2D eigenvalue weighted by Gasteiger charge is 2.24. The Balaban J connectivity index is 3.11. The number of hydrogen-bond donors (Lipinski definition) is 0. The Kier molecular flexibility index (Phi) is 4.11. The van der Waals surface area contributed by atoms with Crippen LogP contribution in [0.2, 0.25) is 5.15 Å². The van der Waals surface area contributed by atoms with Gasteiger partial charge in [-0.15, -0.1) is 0 Å². The van der Waals surface area contributed by atoms with Gasteiger partial charge in [0, 0.05) is 6.07 Å². The van der Waals surface area contributed by atoms with Crippen LogP contribution >= 0.6 is 11.6 Å². The average Bonchev–Trinajstić information content (AvgIpc) is 2.28. The molecule has 0 N–H and O–H groups in total. The number of nitrogens with zero attached hydrogens (tertiary/aromatic N) is 2. The van der Waals surface area contributed by atoms with E-state index in [2.05, 4.69) is 9.72 Å². The number of ether oxygens (including phenoxy) is 1. The quantitative estimate of drug-likeness (QED) is 0.202. The molecule has 0 amide bonds. The number of ketones is 1. The number of methoxy groups -OCH3 is 1. The highest BCUT2D eigenvalue weighted by atomic mass is 35.5. The van der Waals surface area contributed by atoms with Crippen LogP contribution in [0, 0.1) is 10.1 Å². The van der Waals surface area contributed by atoms with Crippen molar-refractivity contribution in [3.63, 3.8) is 0 Å². The molecule has 0 fully saturated rings. The van der Waals surface area contributed by atoms with Crippen molar-refractivity contribution in [2.24, 2.45) is 0 Å². The maximum atomic E-state index is 11.6. The predicted octanol–water partition coefficient (Wildman–Crippen LogP) is 1.39. The van der Waals surface area contributed by atoms with Crippen LogP contribution in [-0.2, 0) is 9.53 Å². The number of carbonyl (C=O) groups excluding carboxylic acids is 2. The molecule has 0 spiro atoms. The molecule has 7 nitrogen and oxygen atoms in total. The van der Waals surface area contributed by atoms with Crippen molar-refractivity contribution in [1.29, 1.82) is 0 Å². The van der Waals surface area contributed by atoms with Crippen molar-refractivity contribution in [1.82, 2.24) is 4.98 Å². The van der Waals surface area contributed by atoms with E-state index in [9.17, 15) is 19.7 Å². The van der Waals surface area contributed by atoms with Crippen LogP contribution in [0.5, 0.6) is 0 Å². The van der Waals surface area contributed by atoms with Crippen LogP contribution in [0.1, 0.15) is 16.9 Å². The first-order valence-corrected chi connectivity index (χ1v) is 4.74. The number of hydrogen-bond acceptors (Lipinski definition) is 6. The molecule has 0 bridgehead atoms. The average molecular weight is 259 g/mol. The van der Waals surface area contributed by atoms with Gasteiger partial charge >= 0.3 is 5.97 Å². The Labute approximate surface area is 101 Å². The maximum absolute atomic E-state index is 11.6. The minimum atomic E-state index is -0.814. The summed E-state index contributed by atoms with van der Waals surface area (Å²) in [5.74, 6) is -1.61. The molecule has 1 heterocycles. The number of halogens is 1. The van der Waals surface area contributed by atoms with E-state index in [0.717, 1.165) is 13.2 Å². The molecular weight excluding hydrogens is 252 g/mol. The van der Waals surface area contributed by atoms with E-state index < -0.39 is 34.5 Å². The van der Waals surface area contributed by atoms with Gasteiger partial charge in [-0.25, -0.2) is 4.98 Å². The Hall–Kier alpha value is -2.02. The molecule has 0 aliphatic carbocycles.